The number of rotatable bonds is 15. The number of benzene rings is 5. The van der Waals surface area contributed by atoms with Crippen LogP contribution in [0.2, 0.25) is 0 Å². The molecule has 5 aromatic carbocycles. The zero-order valence-corrected chi connectivity index (χ0v) is 35.3. The second-order valence-corrected chi connectivity index (χ2v) is 13.2. The number of hydrogen-bond acceptors (Lipinski definition) is 2. The fraction of sp³-hybridized carbons (Fsp3) is 0.105. The van der Waals surface area contributed by atoms with Crippen molar-refractivity contribution in [1.29, 1.82) is 0 Å². The van der Waals surface area contributed by atoms with Crippen LogP contribution < -0.4 is 9.80 Å². The minimum absolute atomic E-state index is 1.03. The molecule has 0 N–H and O–H groups in total. The molecule has 2 nitrogen and oxygen atoms in total. The van der Waals surface area contributed by atoms with Crippen LogP contribution in [0.3, 0.4) is 0 Å². The predicted molar refractivity (Wildman–Crippen MR) is 264 cm³/mol. The lowest BCUT2D eigenvalue weighted by Gasteiger charge is -2.29. The third-order valence-corrected chi connectivity index (χ3v) is 9.39. The summed E-state index contributed by atoms with van der Waals surface area (Å²) in [6.45, 7) is 21.7. The van der Waals surface area contributed by atoms with Gasteiger partial charge in [-0.25, -0.2) is 0 Å². The largest absolute Gasteiger partial charge is 0.344 e. The van der Waals surface area contributed by atoms with Crippen LogP contribution in [-0.2, 0) is 0 Å². The Kier molecular flexibility index (Phi) is 18.5. The van der Waals surface area contributed by atoms with E-state index in [1.807, 2.05) is 93.6 Å². The zero-order chi connectivity index (χ0) is 42.2. The first-order valence-corrected chi connectivity index (χ1v) is 20.3. The van der Waals surface area contributed by atoms with Crippen molar-refractivity contribution in [2.75, 3.05) is 16.8 Å². The summed E-state index contributed by atoms with van der Waals surface area (Å²) in [5.41, 5.74) is 16.6. The van der Waals surface area contributed by atoms with Gasteiger partial charge in [0.15, 0.2) is 0 Å². The van der Waals surface area contributed by atoms with Crippen LogP contribution in [0.1, 0.15) is 55.9 Å². The minimum atomic E-state index is 1.03. The molecule has 0 atom stereocenters. The van der Waals surface area contributed by atoms with Crippen molar-refractivity contribution in [2.45, 2.75) is 33.6 Å². The molecule has 6 rings (SSSR count). The number of allylic oxidation sites excluding steroid dienone is 14. The van der Waals surface area contributed by atoms with E-state index < -0.39 is 0 Å². The molecule has 1 aliphatic rings. The van der Waals surface area contributed by atoms with Gasteiger partial charge in [0.25, 0.3) is 0 Å². The maximum Gasteiger partial charge on any atom is 0.0508 e. The Morgan fingerprint density at radius 1 is 0.627 bits per heavy atom. The Morgan fingerprint density at radius 2 is 1.25 bits per heavy atom. The molecule has 0 heterocycles. The van der Waals surface area contributed by atoms with Gasteiger partial charge in [-0.3, -0.25) is 0 Å². The standard InChI is InChI=1S/C49H46N2.C6H6.C2H6/c1-7-12-13-14-21-38-22-17-25-46(36-38)50(6)49-37-47(34-35-48(49)43(19-9-3)20-10-4)51(44-30-26-41(27-31-44)39(11-5)18-8-2)45-32-28-42(29-33-45)40-23-15-16-24-40;1-2-4-6-5-3-1;1-2/h7-15,17-22,25-37H,1-3,5,16,24H2,4,6H3;1-6H;1-2H3/b13-12-,20-10-,21-14?,39-18+,43-19+;;. The quantitative estimate of drug-likeness (QED) is 0.0773. The molecular weight excluding hydrogens is 713 g/mol. The third kappa shape index (κ3) is 12.7. The fourth-order valence-electron chi connectivity index (χ4n) is 6.58. The number of anilines is 5. The first-order chi connectivity index (χ1) is 29.0. The summed E-state index contributed by atoms with van der Waals surface area (Å²) in [7, 11) is 2.13. The first-order valence-electron chi connectivity index (χ1n) is 20.3. The number of hydrogen-bond donors (Lipinski definition) is 0. The summed E-state index contributed by atoms with van der Waals surface area (Å²) in [4.78, 5) is 4.58. The van der Waals surface area contributed by atoms with Gasteiger partial charge in [-0.1, -0.05) is 192 Å². The van der Waals surface area contributed by atoms with Crippen LogP contribution in [0.15, 0.2) is 232 Å². The molecule has 5 aromatic rings. The van der Waals surface area contributed by atoms with E-state index in [2.05, 4.69) is 170 Å². The van der Waals surface area contributed by atoms with Gasteiger partial charge in [-0.15, -0.1) is 5.73 Å². The normalized spacial score (nSPS) is 12.3. The average molecular weight is 771 g/mol. The minimum Gasteiger partial charge on any atom is -0.344 e. The lowest BCUT2D eigenvalue weighted by molar-refractivity contribution is 1.10. The van der Waals surface area contributed by atoms with Crippen LogP contribution in [0.4, 0.5) is 28.4 Å². The molecule has 0 aromatic heterocycles. The molecule has 0 spiro atoms. The molecule has 0 saturated heterocycles. The van der Waals surface area contributed by atoms with Crippen molar-refractivity contribution in [1.82, 2.24) is 0 Å². The van der Waals surface area contributed by atoms with Crippen molar-refractivity contribution >= 4 is 51.2 Å². The maximum atomic E-state index is 4.02. The average Bonchev–Trinajstić information content (AvgIpc) is 3.85. The Morgan fingerprint density at radius 3 is 1.83 bits per heavy atom. The molecule has 0 radical (unpaired) electrons. The highest BCUT2D eigenvalue weighted by Gasteiger charge is 2.19. The molecule has 0 amide bonds. The van der Waals surface area contributed by atoms with E-state index in [4.69, 9.17) is 0 Å². The summed E-state index contributed by atoms with van der Waals surface area (Å²) in [6, 6.07) is 44.7. The molecule has 2 heteroatoms. The van der Waals surface area contributed by atoms with Crippen LogP contribution in [-0.4, -0.2) is 7.05 Å². The van der Waals surface area contributed by atoms with E-state index >= 15 is 0 Å². The van der Waals surface area contributed by atoms with Gasteiger partial charge in [0.05, 0.1) is 5.69 Å². The van der Waals surface area contributed by atoms with E-state index in [1.165, 1.54) is 11.1 Å². The summed E-state index contributed by atoms with van der Waals surface area (Å²) in [5, 5.41) is 0. The highest BCUT2D eigenvalue weighted by molar-refractivity contribution is 5.90. The molecular formula is C57H58N2. The maximum absolute atomic E-state index is 4.02. The van der Waals surface area contributed by atoms with Crippen LogP contribution >= 0.6 is 0 Å². The van der Waals surface area contributed by atoms with E-state index in [0.29, 0.717) is 0 Å². The Labute approximate surface area is 354 Å². The van der Waals surface area contributed by atoms with Crippen molar-refractivity contribution in [3.63, 3.8) is 0 Å². The third-order valence-electron chi connectivity index (χ3n) is 9.39. The van der Waals surface area contributed by atoms with Gasteiger partial charge in [-0.05, 0) is 102 Å². The zero-order valence-electron chi connectivity index (χ0n) is 35.3. The Bertz CT molecular complexity index is 2330. The molecule has 0 bridgehead atoms. The molecule has 296 valence electrons. The summed E-state index contributed by atoms with van der Waals surface area (Å²) in [6.07, 6.45) is 27.8. The van der Waals surface area contributed by atoms with Crippen molar-refractivity contribution in [3.05, 3.63) is 255 Å². The lowest BCUT2D eigenvalue weighted by Crippen LogP contribution is -2.15. The SMILES string of the molecule is C=C/C=C\C=Cc1cccc(N(C)c2cc(N(c3ccc(C4=C=CCC4)cc3)c3ccc(/C(C=C)=C/C=C)cc3)ccc2C(/C=C\C)=C/C=C)c1.CC.c1ccccc1. The molecule has 0 fully saturated rings. The number of nitrogens with zero attached hydrogens (tertiary/aromatic N) is 2. The van der Waals surface area contributed by atoms with Crippen molar-refractivity contribution in [2.24, 2.45) is 0 Å². The Balaban J connectivity index is 0.000000869. The highest BCUT2D eigenvalue weighted by atomic mass is 15.2. The molecule has 1 aliphatic carbocycles. The molecule has 0 saturated carbocycles. The van der Waals surface area contributed by atoms with E-state index in [0.717, 1.165) is 69.1 Å². The second-order valence-electron chi connectivity index (χ2n) is 13.2. The molecule has 0 unspecified atom stereocenters. The monoisotopic (exact) mass is 770 g/mol. The van der Waals surface area contributed by atoms with Gasteiger partial charge < -0.3 is 9.80 Å². The van der Waals surface area contributed by atoms with Gasteiger partial charge in [-0.2, -0.15) is 0 Å². The van der Waals surface area contributed by atoms with E-state index in [1.54, 1.807) is 12.2 Å². The first kappa shape index (κ1) is 44.6. The summed E-state index contributed by atoms with van der Waals surface area (Å²) < 4.78 is 0. The van der Waals surface area contributed by atoms with Gasteiger partial charge in [0, 0.05) is 40.9 Å². The second kappa shape index (κ2) is 24.5. The van der Waals surface area contributed by atoms with Crippen molar-refractivity contribution in [3.8, 4) is 0 Å². The van der Waals surface area contributed by atoms with Crippen LogP contribution in [0.25, 0.3) is 22.8 Å². The van der Waals surface area contributed by atoms with Gasteiger partial charge >= 0.3 is 0 Å². The topological polar surface area (TPSA) is 6.48 Å². The molecule has 0 aliphatic heterocycles. The van der Waals surface area contributed by atoms with Crippen LogP contribution in [0, 0.1) is 0 Å². The lowest BCUT2D eigenvalue weighted by atomic mass is 9.99. The van der Waals surface area contributed by atoms with Gasteiger partial charge in [0.1, 0.15) is 0 Å². The Hall–Kier alpha value is -7.12. The summed E-state index contributed by atoms with van der Waals surface area (Å²) >= 11 is 0. The fourth-order valence-corrected chi connectivity index (χ4v) is 6.58. The predicted octanol–water partition coefficient (Wildman–Crippen LogP) is 16.6. The van der Waals surface area contributed by atoms with Gasteiger partial charge in [0.2, 0.25) is 0 Å². The smallest absolute Gasteiger partial charge is 0.0508 e. The van der Waals surface area contributed by atoms with E-state index in [-0.39, 0.29) is 0 Å². The summed E-state index contributed by atoms with van der Waals surface area (Å²) in [5.74, 6) is 0. The van der Waals surface area contributed by atoms with Crippen LogP contribution in [0.5, 0.6) is 0 Å². The molecule has 59 heavy (non-hydrogen) atoms. The van der Waals surface area contributed by atoms with E-state index in [9.17, 15) is 0 Å². The van der Waals surface area contributed by atoms with Crippen molar-refractivity contribution < 1.29 is 0 Å². The highest BCUT2D eigenvalue weighted by Crippen LogP contribution is 2.41.